The molecule has 2 aromatic carbocycles. The first kappa shape index (κ1) is 20.1. The van der Waals surface area contributed by atoms with Gasteiger partial charge in [0.15, 0.2) is 0 Å². The van der Waals surface area contributed by atoms with E-state index in [4.69, 9.17) is 4.74 Å². The van der Waals surface area contributed by atoms with Crippen LogP contribution in [0.5, 0.6) is 0 Å². The van der Waals surface area contributed by atoms with Crippen LogP contribution in [-0.4, -0.2) is 49.6 Å². The lowest BCUT2D eigenvalue weighted by atomic mass is 9.95. The van der Waals surface area contributed by atoms with Crippen molar-refractivity contribution in [3.63, 3.8) is 0 Å². The molecular weight excluding hydrogens is 434 g/mol. The maximum atomic E-state index is 12.9. The van der Waals surface area contributed by atoms with Crippen LogP contribution in [-0.2, 0) is 19.7 Å². The standard InChI is InChI=1S/C22H24BrN3O3/c23-17-3-1-2-16(14-17)22(8-9-22)21(28)25-19-6-4-18(5-7-19)24-20(27)15-26-10-12-29-13-11-26/h1-7,14H,8-13,15H2,(H,24,27)(H,25,28). The fourth-order valence-corrected chi connectivity index (χ4v) is 4.01. The number of nitrogens with zero attached hydrogens (tertiary/aromatic N) is 1. The Hall–Kier alpha value is -2.22. The van der Waals surface area contributed by atoms with E-state index in [0.717, 1.165) is 47.3 Å². The van der Waals surface area contributed by atoms with Crippen molar-refractivity contribution >= 4 is 39.1 Å². The molecule has 0 unspecified atom stereocenters. The van der Waals surface area contributed by atoms with Gasteiger partial charge >= 0.3 is 0 Å². The van der Waals surface area contributed by atoms with E-state index in [-0.39, 0.29) is 11.8 Å². The van der Waals surface area contributed by atoms with E-state index in [9.17, 15) is 9.59 Å². The average molecular weight is 458 g/mol. The van der Waals surface area contributed by atoms with Crippen molar-refractivity contribution in [3.8, 4) is 0 Å². The van der Waals surface area contributed by atoms with E-state index in [0.29, 0.717) is 19.8 Å². The first-order valence-electron chi connectivity index (χ1n) is 9.83. The molecule has 2 N–H and O–H groups in total. The minimum atomic E-state index is -0.436. The van der Waals surface area contributed by atoms with Gasteiger partial charge in [-0.1, -0.05) is 28.1 Å². The number of carbonyl (C=O) groups excluding carboxylic acids is 2. The Balaban J connectivity index is 1.33. The lowest BCUT2D eigenvalue weighted by Gasteiger charge is -2.25. The van der Waals surface area contributed by atoms with Gasteiger partial charge in [-0.2, -0.15) is 0 Å². The predicted molar refractivity (Wildman–Crippen MR) is 116 cm³/mol. The topological polar surface area (TPSA) is 70.7 Å². The van der Waals surface area contributed by atoms with Crippen LogP contribution >= 0.6 is 15.9 Å². The highest BCUT2D eigenvalue weighted by Gasteiger charge is 2.51. The SMILES string of the molecule is O=C(CN1CCOCC1)Nc1ccc(NC(=O)C2(c3cccc(Br)c3)CC2)cc1. The molecular formula is C22H24BrN3O3. The van der Waals surface area contributed by atoms with Crippen molar-refractivity contribution in [2.75, 3.05) is 43.5 Å². The molecule has 152 valence electrons. The summed E-state index contributed by atoms with van der Waals surface area (Å²) in [5.74, 6) is -0.0324. The van der Waals surface area contributed by atoms with Crippen molar-refractivity contribution in [1.29, 1.82) is 0 Å². The second kappa shape index (κ2) is 8.65. The van der Waals surface area contributed by atoms with Gasteiger partial charge in [0.1, 0.15) is 0 Å². The highest BCUT2D eigenvalue weighted by molar-refractivity contribution is 9.10. The Morgan fingerprint density at radius 2 is 1.66 bits per heavy atom. The third-order valence-corrected chi connectivity index (χ3v) is 5.95. The number of morpholine rings is 1. The van der Waals surface area contributed by atoms with Crippen molar-refractivity contribution in [3.05, 3.63) is 58.6 Å². The smallest absolute Gasteiger partial charge is 0.238 e. The molecule has 2 aromatic rings. The van der Waals surface area contributed by atoms with Crippen LogP contribution in [0.25, 0.3) is 0 Å². The number of hydrogen-bond acceptors (Lipinski definition) is 4. The van der Waals surface area contributed by atoms with Gasteiger partial charge in [0.25, 0.3) is 0 Å². The maximum Gasteiger partial charge on any atom is 0.238 e. The molecule has 1 aliphatic carbocycles. The van der Waals surface area contributed by atoms with Gasteiger partial charge in [0.2, 0.25) is 11.8 Å². The summed E-state index contributed by atoms with van der Waals surface area (Å²) in [4.78, 5) is 27.2. The van der Waals surface area contributed by atoms with E-state index >= 15 is 0 Å². The number of ether oxygens (including phenoxy) is 1. The number of benzene rings is 2. The third kappa shape index (κ3) is 4.86. The number of halogens is 1. The van der Waals surface area contributed by atoms with Crippen LogP contribution in [0.3, 0.4) is 0 Å². The Kier molecular flexibility index (Phi) is 5.99. The molecule has 0 spiro atoms. The fraction of sp³-hybridized carbons (Fsp3) is 0.364. The molecule has 1 aliphatic heterocycles. The van der Waals surface area contributed by atoms with Crippen molar-refractivity contribution in [2.45, 2.75) is 18.3 Å². The minimum Gasteiger partial charge on any atom is -0.379 e. The van der Waals surface area contributed by atoms with E-state index < -0.39 is 5.41 Å². The van der Waals surface area contributed by atoms with Crippen LogP contribution in [0.2, 0.25) is 0 Å². The summed E-state index contributed by atoms with van der Waals surface area (Å²) < 4.78 is 6.27. The zero-order valence-corrected chi connectivity index (χ0v) is 17.7. The van der Waals surface area contributed by atoms with Crippen LogP contribution in [0.1, 0.15) is 18.4 Å². The second-order valence-corrected chi connectivity index (χ2v) is 8.48. The second-order valence-electron chi connectivity index (χ2n) is 7.56. The number of carbonyl (C=O) groups is 2. The zero-order chi connectivity index (χ0) is 20.3. The number of amides is 2. The van der Waals surface area contributed by atoms with Crippen LogP contribution < -0.4 is 10.6 Å². The highest BCUT2D eigenvalue weighted by Crippen LogP contribution is 2.49. The quantitative estimate of drug-likeness (QED) is 0.697. The largest absolute Gasteiger partial charge is 0.379 e. The molecule has 1 saturated carbocycles. The first-order valence-corrected chi connectivity index (χ1v) is 10.6. The van der Waals surface area contributed by atoms with Gasteiger partial charge in [-0.05, 0) is 54.8 Å². The third-order valence-electron chi connectivity index (χ3n) is 5.46. The van der Waals surface area contributed by atoms with E-state index in [2.05, 4.69) is 31.5 Å². The van der Waals surface area contributed by atoms with Crippen LogP contribution in [0, 0.1) is 0 Å². The minimum absolute atomic E-state index is 0.0136. The predicted octanol–water partition coefficient (Wildman–Crippen LogP) is 3.39. The molecule has 2 fully saturated rings. The van der Waals surface area contributed by atoms with Gasteiger partial charge < -0.3 is 15.4 Å². The number of nitrogens with one attached hydrogen (secondary N) is 2. The number of rotatable bonds is 6. The Morgan fingerprint density at radius 3 is 2.28 bits per heavy atom. The molecule has 0 bridgehead atoms. The van der Waals surface area contributed by atoms with Gasteiger partial charge in [-0.3, -0.25) is 14.5 Å². The molecule has 0 aromatic heterocycles. The first-order chi connectivity index (χ1) is 14.0. The van der Waals surface area contributed by atoms with Crippen molar-refractivity contribution in [2.24, 2.45) is 0 Å². The van der Waals surface area contributed by atoms with Gasteiger partial charge in [0, 0.05) is 28.9 Å². The van der Waals surface area contributed by atoms with Crippen LogP contribution in [0.4, 0.5) is 11.4 Å². The zero-order valence-electron chi connectivity index (χ0n) is 16.1. The van der Waals surface area contributed by atoms with Gasteiger partial charge in [0.05, 0.1) is 25.2 Å². The summed E-state index contributed by atoms with van der Waals surface area (Å²) in [6.45, 7) is 3.25. The fourth-order valence-electron chi connectivity index (χ4n) is 3.61. The summed E-state index contributed by atoms with van der Waals surface area (Å²) in [6.07, 6.45) is 1.70. The van der Waals surface area contributed by atoms with E-state index in [1.165, 1.54) is 0 Å². The van der Waals surface area contributed by atoms with Crippen molar-refractivity contribution < 1.29 is 14.3 Å². The van der Waals surface area contributed by atoms with E-state index in [1.807, 2.05) is 48.5 Å². The summed E-state index contributed by atoms with van der Waals surface area (Å²) in [5, 5.41) is 5.92. The number of anilines is 2. The molecule has 7 heteroatoms. The Labute approximate surface area is 178 Å². The Morgan fingerprint density at radius 1 is 1.00 bits per heavy atom. The molecule has 1 saturated heterocycles. The summed E-state index contributed by atoms with van der Waals surface area (Å²) in [5.41, 5.74) is 2.04. The molecule has 0 radical (unpaired) electrons. The molecule has 2 amide bonds. The highest BCUT2D eigenvalue weighted by atomic mass is 79.9. The van der Waals surface area contributed by atoms with Crippen molar-refractivity contribution in [1.82, 2.24) is 4.90 Å². The molecule has 0 atom stereocenters. The molecule has 2 aliphatic rings. The normalized spacial score (nSPS) is 18.1. The lowest BCUT2D eigenvalue weighted by Crippen LogP contribution is -2.41. The summed E-state index contributed by atoms with van der Waals surface area (Å²) in [6, 6.07) is 15.2. The Bertz CT molecular complexity index is 890. The number of hydrogen-bond donors (Lipinski definition) is 2. The molecule has 1 heterocycles. The molecule has 29 heavy (non-hydrogen) atoms. The molecule has 4 rings (SSSR count). The average Bonchev–Trinajstić information content (AvgIpc) is 3.52. The molecule has 6 nitrogen and oxygen atoms in total. The maximum absolute atomic E-state index is 12.9. The lowest BCUT2D eigenvalue weighted by molar-refractivity contribution is -0.119. The van der Waals surface area contributed by atoms with E-state index in [1.54, 1.807) is 0 Å². The van der Waals surface area contributed by atoms with Gasteiger partial charge in [-0.15, -0.1) is 0 Å². The summed E-state index contributed by atoms with van der Waals surface area (Å²) in [7, 11) is 0. The summed E-state index contributed by atoms with van der Waals surface area (Å²) >= 11 is 3.48. The monoisotopic (exact) mass is 457 g/mol. The van der Waals surface area contributed by atoms with Gasteiger partial charge in [-0.25, -0.2) is 0 Å². The van der Waals surface area contributed by atoms with Crippen LogP contribution in [0.15, 0.2) is 53.0 Å².